The molecule has 0 atom stereocenters. The number of carbonyl (C=O) groups is 2. The number of benzene rings is 3. The van der Waals surface area contributed by atoms with Gasteiger partial charge in [-0.05, 0) is 47.0 Å². The van der Waals surface area contributed by atoms with Crippen LogP contribution in [0.2, 0.25) is 0 Å². The third-order valence-electron chi connectivity index (χ3n) is 4.48. The molecular weight excluding hydrogens is 332 g/mol. The molecule has 0 radical (unpaired) electrons. The zero-order chi connectivity index (χ0) is 18.3. The van der Waals surface area contributed by atoms with Gasteiger partial charge >= 0.3 is 11.9 Å². The highest BCUT2D eigenvalue weighted by Crippen LogP contribution is 2.42. The largest absolute Gasteiger partial charge is 0.478 e. The van der Waals surface area contributed by atoms with Crippen LogP contribution in [0, 0.1) is 0 Å². The number of para-hydroxylation sites is 1. The Labute approximate surface area is 149 Å². The predicted octanol–water partition coefficient (Wildman–Crippen LogP) is 4.45. The van der Waals surface area contributed by atoms with E-state index in [1.54, 1.807) is 12.1 Å². The Hall–Kier alpha value is -3.60. The Morgan fingerprint density at radius 2 is 1.58 bits per heavy atom. The van der Waals surface area contributed by atoms with Gasteiger partial charge in [-0.2, -0.15) is 0 Å². The molecular formula is C21H14O5. The van der Waals surface area contributed by atoms with Gasteiger partial charge in [-0.25, -0.2) is 9.59 Å². The molecule has 0 unspecified atom stereocenters. The molecule has 0 saturated carbocycles. The minimum atomic E-state index is -1.10. The Morgan fingerprint density at radius 3 is 2.35 bits per heavy atom. The van der Waals surface area contributed by atoms with E-state index in [0.717, 1.165) is 16.9 Å². The van der Waals surface area contributed by atoms with E-state index in [-0.39, 0.29) is 11.1 Å². The average molecular weight is 346 g/mol. The first kappa shape index (κ1) is 15.9. The maximum atomic E-state index is 11.7. The Bertz CT molecular complexity index is 1050. The zero-order valence-corrected chi connectivity index (χ0v) is 13.6. The molecule has 0 saturated heterocycles. The monoisotopic (exact) mass is 346 g/mol. The van der Waals surface area contributed by atoms with Gasteiger partial charge in [-0.3, -0.25) is 0 Å². The fourth-order valence-electron chi connectivity index (χ4n) is 3.24. The second-order valence-electron chi connectivity index (χ2n) is 6.04. The number of ether oxygens (including phenoxy) is 1. The molecule has 0 amide bonds. The van der Waals surface area contributed by atoms with Crippen LogP contribution in [0.25, 0.3) is 11.1 Å². The van der Waals surface area contributed by atoms with Crippen molar-refractivity contribution in [2.75, 3.05) is 0 Å². The van der Waals surface area contributed by atoms with Gasteiger partial charge in [-0.1, -0.05) is 30.3 Å². The van der Waals surface area contributed by atoms with Crippen LogP contribution in [0.15, 0.2) is 60.7 Å². The summed E-state index contributed by atoms with van der Waals surface area (Å²) in [6.45, 7) is 0. The Kier molecular flexibility index (Phi) is 3.69. The SMILES string of the molecule is O=C(O)c1ccc(C(=O)O)c(-c2cccc3c2Cc2ccccc2O3)c1. The molecule has 0 aliphatic carbocycles. The molecule has 1 aliphatic rings. The van der Waals surface area contributed by atoms with Crippen LogP contribution < -0.4 is 4.74 Å². The maximum absolute atomic E-state index is 11.7. The minimum absolute atomic E-state index is 0.0414. The van der Waals surface area contributed by atoms with Crippen molar-refractivity contribution in [2.24, 2.45) is 0 Å². The highest BCUT2D eigenvalue weighted by molar-refractivity contribution is 5.99. The first-order valence-corrected chi connectivity index (χ1v) is 8.03. The van der Waals surface area contributed by atoms with Crippen LogP contribution in [0.4, 0.5) is 0 Å². The molecule has 5 nitrogen and oxygen atoms in total. The summed E-state index contributed by atoms with van der Waals surface area (Å²) in [7, 11) is 0. The van der Waals surface area contributed by atoms with E-state index in [0.29, 0.717) is 23.3 Å². The second-order valence-corrected chi connectivity index (χ2v) is 6.04. The normalized spacial score (nSPS) is 11.8. The summed E-state index contributed by atoms with van der Waals surface area (Å²) in [6, 6.07) is 17.1. The van der Waals surface area contributed by atoms with Crippen LogP contribution in [-0.2, 0) is 6.42 Å². The van der Waals surface area contributed by atoms with Crippen molar-refractivity contribution in [3.8, 4) is 22.6 Å². The first-order valence-electron chi connectivity index (χ1n) is 8.03. The highest BCUT2D eigenvalue weighted by atomic mass is 16.5. The molecule has 1 aliphatic heterocycles. The summed E-state index contributed by atoms with van der Waals surface area (Å²) in [5.74, 6) is -0.783. The molecule has 3 aromatic carbocycles. The maximum Gasteiger partial charge on any atom is 0.336 e. The standard InChI is InChI=1S/C21H14O5/c22-20(23)13-8-9-15(21(24)25)16(11-13)14-5-3-7-19-17(14)10-12-4-1-2-6-18(12)26-19/h1-9,11H,10H2,(H,22,23)(H,24,25). The third kappa shape index (κ3) is 2.59. The lowest BCUT2D eigenvalue weighted by Gasteiger charge is -2.23. The molecule has 1 heterocycles. The van der Waals surface area contributed by atoms with E-state index in [1.807, 2.05) is 30.3 Å². The van der Waals surface area contributed by atoms with Crippen molar-refractivity contribution >= 4 is 11.9 Å². The van der Waals surface area contributed by atoms with Crippen molar-refractivity contribution in [3.05, 3.63) is 82.9 Å². The number of hydrogen-bond acceptors (Lipinski definition) is 3. The number of aromatic carboxylic acids is 2. The molecule has 4 rings (SSSR count). The number of hydrogen-bond donors (Lipinski definition) is 2. The summed E-state index contributed by atoms with van der Waals surface area (Å²) in [6.07, 6.45) is 0.581. The molecule has 26 heavy (non-hydrogen) atoms. The fraction of sp³-hybridized carbons (Fsp3) is 0.0476. The summed E-state index contributed by atoms with van der Waals surface area (Å²) >= 11 is 0. The van der Waals surface area contributed by atoms with E-state index in [1.165, 1.54) is 18.2 Å². The summed E-state index contributed by atoms with van der Waals surface area (Å²) < 4.78 is 5.95. The van der Waals surface area contributed by atoms with Gasteiger partial charge in [-0.15, -0.1) is 0 Å². The third-order valence-corrected chi connectivity index (χ3v) is 4.48. The first-order chi connectivity index (χ1) is 12.5. The van der Waals surface area contributed by atoms with Gasteiger partial charge in [0.05, 0.1) is 11.1 Å². The second kappa shape index (κ2) is 6.04. The van der Waals surface area contributed by atoms with Gasteiger partial charge in [0.2, 0.25) is 0 Å². The number of rotatable bonds is 3. The lowest BCUT2D eigenvalue weighted by molar-refractivity contribution is 0.0682. The van der Waals surface area contributed by atoms with E-state index >= 15 is 0 Å². The van der Waals surface area contributed by atoms with Gasteiger partial charge in [0.1, 0.15) is 11.5 Å². The van der Waals surface area contributed by atoms with Gasteiger partial charge in [0.25, 0.3) is 0 Å². The molecule has 0 bridgehead atoms. The van der Waals surface area contributed by atoms with Crippen LogP contribution in [0.3, 0.4) is 0 Å². The van der Waals surface area contributed by atoms with Crippen LogP contribution >= 0.6 is 0 Å². The molecule has 2 N–H and O–H groups in total. The molecule has 5 heteroatoms. The zero-order valence-electron chi connectivity index (χ0n) is 13.6. The van der Waals surface area contributed by atoms with Crippen molar-refractivity contribution in [1.29, 1.82) is 0 Å². The van der Waals surface area contributed by atoms with Crippen molar-refractivity contribution in [1.82, 2.24) is 0 Å². The van der Waals surface area contributed by atoms with Crippen molar-refractivity contribution in [2.45, 2.75) is 6.42 Å². The van der Waals surface area contributed by atoms with E-state index in [4.69, 9.17) is 4.74 Å². The fourth-order valence-corrected chi connectivity index (χ4v) is 3.24. The van der Waals surface area contributed by atoms with Crippen molar-refractivity contribution in [3.63, 3.8) is 0 Å². The van der Waals surface area contributed by atoms with E-state index in [2.05, 4.69) is 0 Å². The quantitative estimate of drug-likeness (QED) is 0.573. The number of carboxylic acid groups (broad SMARTS) is 2. The van der Waals surface area contributed by atoms with E-state index < -0.39 is 11.9 Å². The highest BCUT2D eigenvalue weighted by Gasteiger charge is 2.23. The number of carboxylic acids is 2. The Balaban J connectivity index is 1.92. The van der Waals surface area contributed by atoms with Gasteiger partial charge < -0.3 is 14.9 Å². The molecule has 0 spiro atoms. The lowest BCUT2D eigenvalue weighted by Crippen LogP contribution is -2.08. The average Bonchev–Trinajstić information content (AvgIpc) is 2.65. The molecule has 0 aromatic heterocycles. The van der Waals surface area contributed by atoms with Crippen LogP contribution in [0.5, 0.6) is 11.5 Å². The van der Waals surface area contributed by atoms with Crippen molar-refractivity contribution < 1.29 is 24.5 Å². The molecule has 0 fully saturated rings. The van der Waals surface area contributed by atoms with Gasteiger partial charge in [0.15, 0.2) is 0 Å². The molecule has 128 valence electrons. The lowest BCUT2D eigenvalue weighted by atomic mass is 9.89. The smallest absolute Gasteiger partial charge is 0.336 e. The van der Waals surface area contributed by atoms with Crippen LogP contribution in [-0.4, -0.2) is 22.2 Å². The van der Waals surface area contributed by atoms with E-state index in [9.17, 15) is 19.8 Å². The Morgan fingerprint density at radius 1 is 0.808 bits per heavy atom. The molecule has 3 aromatic rings. The summed E-state index contributed by atoms with van der Waals surface area (Å²) in [5.41, 5.74) is 2.98. The topological polar surface area (TPSA) is 83.8 Å². The summed E-state index contributed by atoms with van der Waals surface area (Å²) in [4.78, 5) is 23.0. The summed E-state index contributed by atoms with van der Waals surface area (Å²) in [5, 5.41) is 18.8. The van der Waals surface area contributed by atoms with Gasteiger partial charge in [0, 0.05) is 12.0 Å². The predicted molar refractivity (Wildman–Crippen MR) is 95.1 cm³/mol. The number of fused-ring (bicyclic) bond motifs is 2. The van der Waals surface area contributed by atoms with Crippen LogP contribution in [0.1, 0.15) is 31.8 Å². The minimum Gasteiger partial charge on any atom is -0.478 e.